The molecule has 1 aromatic rings. The Balaban J connectivity index is 1.61. The lowest BCUT2D eigenvalue weighted by molar-refractivity contribution is -0.146. The summed E-state index contributed by atoms with van der Waals surface area (Å²) < 4.78 is 46.6. The van der Waals surface area contributed by atoms with Crippen molar-refractivity contribution in [3.05, 3.63) is 17.0 Å². The molecular weight excluding hydrogens is 373 g/mol. The van der Waals surface area contributed by atoms with Crippen molar-refractivity contribution >= 4 is 29.5 Å². The second-order valence-corrected chi connectivity index (χ2v) is 10.2. The van der Waals surface area contributed by atoms with E-state index < -0.39 is 17.8 Å². The second kappa shape index (κ2) is 5.12. The summed E-state index contributed by atoms with van der Waals surface area (Å²) in [5.74, 6) is 1.34. The molecule has 1 spiro atoms. The third kappa shape index (κ3) is 2.30. The molecule has 2 heterocycles. The van der Waals surface area contributed by atoms with Gasteiger partial charge in [-0.25, -0.2) is 0 Å². The van der Waals surface area contributed by atoms with E-state index >= 15 is 0 Å². The van der Waals surface area contributed by atoms with Gasteiger partial charge in [0, 0.05) is 10.8 Å². The molecule has 1 saturated heterocycles. The van der Waals surface area contributed by atoms with Crippen LogP contribution in [0.4, 0.5) is 13.2 Å². The van der Waals surface area contributed by atoms with Gasteiger partial charge in [0.15, 0.2) is 5.69 Å². The molecule has 4 nitrogen and oxygen atoms in total. The highest BCUT2D eigenvalue weighted by atomic mass is 32.2. The number of carbonyl (C=O) groups excluding carboxylic acids is 1. The lowest BCUT2D eigenvalue weighted by Crippen LogP contribution is -2.29. The van der Waals surface area contributed by atoms with Crippen LogP contribution in [0.25, 0.3) is 0 Å². The lowest BCUT2D eigenvalue weighted by Gasteiger charge is -2.35. The van der Waals surface area contributed by atoms with Crippen molar-refractivity contribution in [3.8, 4) is 0 Å². The van der Waals surface area contributed by atoms with E-state index in [-0.39, 0.29) is 29.1 Å². The fourth-order valence-electron chi connectivity index (χ4n) is 4.30. The monoisotopic (exact) mass is 390 g/mol. The van der Waals surface area contributed by atoms with E-state index in [1.54, 1.807) is 18.7 Å². The van der Waals surface area contributed by atoms with Gasteiger partial charge < -0.3 is 4.74 Å². The van der Waals surface area contributed by atoms with Gasteiger partial charge in [0.05, 0.1) is 12.3 Å². The molecule has 5 atom stereocenters. The van der Waals surface area contributed by atoms with Crippen LogP contribution in [-0.2, 0) is 26.3 Å². The standard InChI is InChI=1S/C16H17F3N2O2S2/c1-2-23-11(22)5-21-14-12(13(20-21)16(17,18)19)8-4-9(8)15(14)24-6-7-3-10(7)25-15/h7-10H,2-6H2,1H3/t7?,8-,9+,10?,15?/m0/s1. The van der Waals surface area contributed by atoms with Crippen LogP contribution in [0, 0.1) is 11.8 Å². The number of carbonyl (C=O) groups is 1. The first kappa shape index (κ1) is 16.4. The Morgan fingerprint density at radius 2 is 2.24 bits per heavy atom. The summed E-state index contributed by atoms with van der Waals surface area (Å²) in [6.07, 6.45) is -2.53. The van der Waals surface area contributed by atoms with Gasteiger partial charge in [0.1, 0.15) is 10.6 Å². The minimum absolute atomic E-state index is 0.0575. The van der Waals surface area contributed by atoms with Crippen LogP contribution in [-0.4, -0.2) is 33.4 Å². The Hall–Kier alpha value is -0.830. The van der Waals surface area contributed by atoms with Crippen molar-refractivity contribution in [2.45, 2.75) is 47.7 Å². The number of hydrogen-bond acceptors (Lipinski definition) is 5. The molecule has 0 aromatic carbocycles. The molecule has 0 amide bonds. The molecule has 1 aromatic heterocycles. The van der Waals surface area contributed by atoms with Gasteiger partial charge in [-0.3, -0.25) is 9.48 Å². The summed E-state index contributed by atoms with van der Waals surface area (Å²) in [6, 6.07) is 0. The minimum Gasteiger partial charge on any atom is -0.465 e. The van der Waals surface area contributed by atoms with Crippen LogP contribution in [0.1, 0.15) is 42.6 Å². The minimum atomic E-state index is -4.49. The first-order valence-electron chi connectivity index (χ1n) is 8.51. The fourth-order valence-corrected chi connectivity index (χ4v) is 8.77. The average Bonchev–Trinajstić information content (AvgIpc) is 3.41. The predicted octanol–water partition coefficient (Wildman–Crippen LogP) is 3.60. The topological polar surface area (TPSA) is 44.1 Å². The normalized spacial score (nSPS) is 37.4. The van der Waals surface area contributed by atoms with Gasteiger partial charge in [-0.05, 0) is 43.3 Å². The highest BCUT2D eigenvalue weighted by molar-refractivity contribution is 8.18. The second-order valence-electron chi connectivity index (χ2n) is 7.15. The van der Waals surface area contributed by atoms with E-state index in [0.717, 1.165) is 18.6 Å². The molecule has 25 heavy (non-hydrogen) atoms. The number of thioether (sulfide) groups is 2. The molecular formula is C16H17F3N2O2S2. The third-order valence-electron chi connectivity index (χ3n) is 5.52. The molecule has 4 aliphatic rings. The maximum Gasteiger partial charge on any atom is 0.435 e. The van der Waals surface area contributed by atoms with E-state index in [9.17, 15) is 18.0 Å². The van der Waals surface area contributed by atoms with Crippen LogP contribution in [0.3, 0.4) is 0 Å². The summed E-state index contributed by atoms with van der Waals surface area (Å²) in [7, 11) is 0. The van der Waals surface area contributed by atoms with Crippen molar-refractivity contribution in [2.24, 2.45) is 11.8 Å². The van der Waals surface area contributed by atoms with Crippen LogP contribution in [0.5, 0.6) is 0 Å². The third-order valence-corrected chi connectivity index (χ3v) is 9.41. The molecule has 5 rings (SSSR count). The number of nitrogens with zero attached hydrogens (tertiary/aromatic N) is 2. The van der Waals surface area contributed by atoms with Crippen molar-refractivity contribution in [1.29, 1.82) is 0 Å². The smallest absolute Gasteiger partial charge is 0.435 e. The van der Waals surface area contributed by atoms with Crippen molar-refractivity contribution in [2.75, 3.05) is 12.4 Å². The number of halogens is 3. The molecule has 1 aliphatic heterocycles. The molecule has 0 bridgehead atoms. The number of rotatable bonds is 3. The zero-order valence-electron chi connectivity index (χ0n) is 13.5. The number of fused-ring (bicyclic) bond motifs is 6. The maximum absolute atomic E-state index is 13.6. The maximum atomic E-state index is 13.6. The number of ether oxygens (including phenoxy) is 1. The first-order valence-corrected chi connectivity index (χ1v) is 10.4. The molecule has 3 fully saturated rings. The quantitative estimate of drug-likeness (QED) is 0.738. The Morgan fingerprint density at radius 3 is 2.92 bits per heavy atom. The van der Waals surface area contributed by atoms with Gasteiger partial charge >= 0.3 is 12.1 Å². The zero-order chi connectivity index (χ0) is 17.6. The molecule has 3 unspecified atom stereocenters. The van der Waals surface area contributed by atoms with Gasteiger partial charge in [0.2, 0.25) is 0 Å². The highest BCUT2D eigenvalue weighted by Crippen LogP contribution is 2.78. The number of aromatic nitrogens is 2. The van der Waals surface area contributed by atoms with E-state index in [2.05, 4.69) is 5.10 Å². The molecule has 2 saturated carbocycles. The van der Waals surface area contributed by atoms with Crippen LogP contribution in [0.2, 0.25) is 0 Å². The average molecular weight is 390 g/mol. The van der Waals surface area contributed by atoms with Gasteiger partial charge in [-0.1, -0.05) is 0 Å². The number of esters is 1. The van der Waals surface area contributed by atoms with E-state index in [1.165, 1.54) is 4.68 Å². The fraction of sp³-hybridized carbons (Fsp3) is 0.750. The Labute approximate surface area is 151 Å². The van der Waals surface area contributed by atoms with Crippen molar-refractivity contribution < 1.29 is 22.7 Å². The van der Waals surface area contributed by atoms with E-state index in [4.69, 9.17) is 4.74 Å². The van der Waals surface area contributed by atoms with Crippen molar-refractivity contribution in [1.82, 2.24) is 9.78 Å². The number of alkyl halides is 3. The summed E-state index contributed by atoms with van der Waals surface area (Å²) in [4.78, 5) is 11.9. The van der Waals surface area contributed by atoms with Gasteiger partial charge in [-0.15, -0.1) is 23.5 Å². The Bertz CT molecular complexity index is 765. The number of hydrogen-bond donors (Lipinski definition) is 0. The SMILES string of the molecule is CCOC(=O)Cn1nc(C(F)(F)F)c2c1C1(SCC3CC3S1)[C@@H]1C[C@H]21. The van der Waals surface area contributed by atoms with Crippen LogP contribution < -0.4 is 0 Å². The molecule has 3 aliphatic carbocycles. The molecule has 136 valence electrons. The summed E-state index contributed by atoms with van der Waals surface area (Å²) in [6.45, 7) is 1.64. The van der Waals surface area contributed by atoms with E-state index in [0.29, 0.717) is 22.4 Å². The summed E-state index contributed by atoms with van der Waals surface area (Å²) in [5, 5.41) is 4.40. The molecule has 0 radical (unpaired) electrons. The lowest BCUT2D eigenvalue weighted by atomic mass is 10.1. The highest BCUT2D eigenvalue weighted by Gasteiger charge is 2.69. The Morgan fingerprint density at radius 1 is 1.44 bits per heavy atom. The van der Waals surface area contributed by atoms with E-state index in [1.807, 2.05) is 11.8 Å². The zero-order valence-corrected chi connectivity index (χ0v) is 15.1. The van der Waals surface area contributed by atoms with Crippen molar-refractivity contribution in [3.63, 3.8) is 0 Å². The molecule has 9 heteroatoms. The van der Waals surface area contributed by atoms with Gasteiger partial charge in [0.25, 0.3) is 0 Å². The largest absolute Gasteiger partial charge is 0.465 e. The summed E-state index contributed by atoms with van der Waals surface area (Å²) in [5.41, 5.74) is 0.186. The van der Waals surface area contributed by atoms with Crippen LogP contribution in [0.15, 0.2) is 0 Å². The summed E-state index contributed by atoms with van der Waals surface area (Å²) >= 11 is 3.60. The van der Waals surface area contributed by atoms with Crippen LogP contribution >= 0.6 is 23.5 Å². The predicted molar refractivity (Wildman–Crippen MR) is 88.3 cm³/mol. The Kier molecular flexibility index (Phi) is 3.35. The first-order chi connectivity index (χ1) is 11.8. The molecule has 0 N–H and O–H groups in total. The van der Waals surface area contributed by atoms with Gasteiger partial charge in [-0.2, -0.15) is 18.3 Å².